The van der Waals surface area contributed by atoms with E-state index >= 15 is 0 Å². The SMILES string of the molecule is COC(=C[P+](c1ccccc1)(c1ccccc1)c1ccccc1)OC.O=S(=O)([O-])C(F)(F)F. The van der Waals surface area contributed by atoms with E-state index in [0.29, 0.717) is 5.95 Å². The fraction of sp³-hybridized carbons (Fsp3) is 0.130. The van der Waals surface area contributed by atoms with Crippen molar-refractivity contribution in [1.29, 1.82) is 0 Å². The Balaban J connectivity index is 0.000000414. The van der Waals surface area contributed by atoms with Gasteiger partial charge < -0.3 is 14.0 Å². The molecule has 0 radical (unpaired) electrons. The molecule has 0 aromatic heterocycles. The summed E-state index contributed by atoms with van der Waals surface area (Å²) in [6.45, 7) is 0. The average Bonchev–Trinajstić information content (AvgIpc) is 2.81. The van der Waals surface area contributed by atoms with Gasteiger partial charge in [0.1, 0.15) is 23.2 Å². The normalized spacial score (nSPS) is 11.6. The summed E-state index contributed by atoms with van der Waals surface area (Å²) in [5.74, 6) is 2.69. The van der Waals surface area contributed by atoms with Crippen LogP contribution in [0.1, 0.15) is 0 Å². The maximum absolute atomic E-state index is 10.7. The van der Waals surface area contributed by atoms with Crippen molar-refractivity contribution in [2.75, 3.05) is 14.2 Å². The molecule has 0 saturated carbocycles. The minimum absolute atomic E-state index is 0.532. The monoisotopic (exact) mass is 498 g/mol. The van der Waals surface area contributed by atoms with Crippen LogP contribution in [0.25, 0.3) is 0 Å². The van der Waals surface area contributed by atoms with Crippen molar-refractivity contribution < 1.29 is 35.6 Å². The van der Waals surface area contributed by atoms with Gasteiger partial charge in [0.2, 0.25) is 0 Å². The van der Waals surface area contributed by atoms with Crippen molar-refractivity contribution in [2.24, 2.45) is 0 Å². The van der Waals surface area contributed by atoms with Gasteiger partial charge in [-0.2, -0.15) is 13.2 Å². The molecule has 0 N–H and O–H groups in total. The molecule has 3 aromatic rings. The maximum Gasteiger partial charge on any atom is 0.485 e. The Morgan fingerprint density at radius 2 is 1.03 bits per heavy atom. The summed E-state index contributed by atoms with van der Waals surface area (Å²) in [6.07, 6.45) is 0. The molecule has 0 saturated heterocycles. The summed E-state index contributed by atoms with van der Waals surface area (Å²) < 4.78 is 69.9. The van der Waals surface area contributed by atoms with Crippen molar-refractivity contribution >= 4 is 33.3 Å². The fourth-order valence-corrected chi connectivity index (χ4v) is 6.80. The molecule has 0 unspecified atom stereocenters. The van der Waals surface area contributed by atoms with Crippen LogP contribution < -0.4 is 15.9 Å². The number of hydrogen-bond acceptors (Lipinski definition) is 5. The first kappa shape index (κ1) is 26.4. The van der Waals surface area contributed by atoms with E-state index in [4.69, 9.17) is 22.4 Å². The average molecular weight is 498 g/mol. The molecule has 33 heavy (non-hydrogen) atoms. The summed E-state index contributed by atoms with van der Waals surface area (Å²) in [5, 5.41) is 3.79. The van der Waals surface area contributed by atoms with Crippen LogP contribution in [0.15, 0.2) is 103 Å². The lowest BCUT2D eigenvalue weighted by Gasteiger charge is -2.24. The van der Waals surface area contributed by atoms with Crippen LogP contribution in [0.5, 0.6) is 0 Å². The van der Waals surface area contributed by atoms with Crippen molar-refractivity contribution in [2.45, 2.75) is 5.51 Å². The summed E-state index contributed by atoms with van der Waals surface area (Å²) in [6, 6.07) is 31.8. The maximum atomic E-state index is 10.7. The molecule has 3 rings (SSSR count). The second-order valence-corrected chi connectivity index (χ2v) is 11.1. The Bertz CT molecular complexity index is 1030. The summed E-state index contributed by atoms with van der Waals surface area (Å²) in [7, 11) is -4.86. The molecular formula is C23H22F3O5PS. The molecule has 10 heteroatoms. The molecule has 0 bridgehead atoms. The molecule has 0 aliphatic carbocycles. The standard InChI is InChI=1S/C22H22O2P.CHF3O3S/c1-23-22(24-2)18-25(19-12-6-3-7-13-19,20-14-8-4-9-15-20)21-16-10-5-11-17-21;2-1(3,4)8(5,6)7/h3-18H,1-2H3;(H,5,6,7)/q+1;/p-1. The van der Waals surface area contributed by atoms with E-state index < -0.39 is 22.9 Å². The third-order valence-electron chi connectivity index (χ3n) is 4.48. The van der Waals surface area contributed by atoms with Gasteiger partial charge in [0.25, 0.3) is 0 Å². The molecular weight excluding hydrogens is 476 g/mol. The van der Waals surface area contributed by atoms with Gasteiger partial charge in [0, 0.05) is 0 Å². The highest BCUT2D eigenvalue weighted by molar-refractivity contribution is 7.98. The number of alkyl halides is 3. The first-order chi connectivity index (χ1) is 15.6. The smallest absolute Gasteiger partial charge is 0.485 e. The molecule has 0 heterocycles. The lowest BCUT2D eigenvalue weighted by molar-refractivity contribution is -0.0517. The second kappa shape index (κ2) is 11.3. The van der Waals surface area contributed by atoms with Crippen LogP contribution in [0.2, 0.25) is 0 Å². The molecule has 3 aromatic carbocycles. The molecule has 5 nitrogen and oxygen atoms in total. The highest BCUT2D eigenvalue weighted by Gasteiger charge is 2.45. The number of rotatable bonds is 6. The number of ether oxygens (including phenoxy) is 2. The first-order valence-corrected chi connectivity index (χ1v) is 12.7. The molecule has 0 atom stereocenters. The zero-order chi connectivity index (χ0) is 24.5. The predicted molar refractivity (Wildman–Crippen MR) is 123 cm³/mol. The van der Waals surface area contributed by atoms with E-state index in [9.17, 15) is 13.2 Å². The van der Waals surface area contributed by atoms with Crippen LogP contribution in [0.4, 0.5) is 13.2 Å². The number of halogens is 3. The van der Waals surface area contributed by atoms with Crippen LogP contribution in [0, 0.1) is 0 Å². The minimum atomic E-state index is -6.09. The number of methoxy groups -OCH3 is 2. The van der Waals surface area contributed by atoms with Gasteiger partial charge in [-0.15, -0.1) is 0 Å². The van der Waals surface area contributed by atoms with E-state index in [0.717, 1.165) is 0 Å². The van der Waals surface area contributed by atoms with E-state index in [1.165, 1.54) is 15.9 Å². The van der Waals surface area contributed by atoms with E-state index in [1.54, 1.807) is 14.2 Å². The van der Waals surface area contributed by atoms with E-state index in [2.05, 4.69) is 78.6 Å². The third kappa shape index (κ3) is 6.57. The summed E-state index contributed by atoms with van der Waals surface area (Å²) >= 11 is 0. The second-order valence-electron chi connectivity index (χ2n) is 6.49. The predicted octanol–water partition coefficient (Wildman–Crippen LogP) is 4.12. The topological polar surface area (TPSA) is 75.7 Å². The lowest BCUT2D eigenvalue weighted by Crippen LogP contribution is -2.30. The van der Waals surface area contributed by atoms with Gasteiger partial charge >= 0.3 is 11.5 Å². The van der Waals surface area contributed by atoms with Gasteiger partial charge in [-0.05, 0) is 36.4 Å². The van der Waals surface area contributed by atoms with Gasteiger partial charge in [-0.1, -0.05) is 54.6 Å². The van der Waals surface area contributed by atoms with E-state index in [1.807, 2.05) is 18.2 Å². The van der Waals surface area contributed by atoms with Crippen molar-refractivity contribution in [3.05, 3.63) is 103 Å². The first-order valence-electron chi connectivity index (χ1n) is 9.45. The van der Waals surface area contributed by atoms with Crippen LogP contribution >= 0.6 is 7.26 Å². The Labute approximate surface area is 191 Å². The van der Waals surface area contributed by atoms with Gasteiger partial charge in [-0.25, -0.2) is 8.42 Å². The Hall–Kier alpha value is -2.87. The van der Waals surface area contributed by atoms with Crippen LogP contribution in [-0.2, 0) is 19.6 Å². The zero-order valence-electron chi connectivity index (χ0n) is 17.8. The third-order valence-corrected chi connectivity index (χ3v) is 8.98. The summed E-state index contributed by atoms with van der Waals surface area (Å²) in [5.41, 5.74) is -5.65. The summed E-state index contributed by atoms with van der Waals surface area (Å²) in [4.78, 5) is 0. The van der Waals surface area contributed by atoms with Crippen LogP contribution in [0.3, 0.4) is 0 Å². The molecule has 0 spiro atoms. The zero-order valence-corrected chi connectivity index (χ0v) is 19.5. The Morgan fingerprint density at radius 1 is 0.758 bits per heavy atom. The largest absolute Gasteiger partial charge is 0.741 e. The van der Waals surface area contributed by atoms with Crippen molar-refractivity contribution in [1.82, 2.24) is 0 Å². The number of benzene rings is 3. The lowest BCUT2D eigenvalue weighted by atomic mass is 10.4. The number of hydrogen-bond donors (Lipinski definition) is 0. The Kier molecular flexibility index (Phi) is 9.05. The van der Waals surface area contributed by atoms with E-state index in [-0.39, 0.29) is 0 Å². The van der Waals surface area contributed by atoms with Crippen molar-refractivity contribution in [3.8, 4) is 0 Å². The minimum Gasteiger partial charge on any atom is -0.741 e. The molecule has 0 aliphatic rings. The van der Waals surface area contributed by atoms with Gasteiger partial charge in [0.15, 0.2) is 15.9 Å². The van der Waals surface area contributed by atoms with Crippen molar-refractivity contribution in [3.63, 3.8) is 0 Å². The molecule has 176 valence electrons. The van der Waals surface area contributed by atoms with Crippen LogP contribution in [-0.4, -0.2) is 32.7 Å². The fourth-order valence-electron chi connectivity index (χ4n) is 3.01. The molecule has 0 aliphatic heterocycles. The quantitative estimate of drug-likeness (QED) is 0.221. The molecule has 0 fully saturated rings. The highest BCUT2D eigenvalue weighted by Crippen LogP contribution is 2.57. The van der Waals surface area contributed by atoms with Gasteiger partial charge in [0.05, 0.1) is 14.2 Å². The van der Waals surface area contributed by atoms with Gasteiger partial charge in [-0.3, -0.25) is 0 Å². The molecule has 0 amide bonds. The Morgan fingerprint density at radius 3 is 1.24 bits per heavy atom. The highest BCUT2D eigenvalue weighted by atomic mass is 32.2.